The molecule has 4 aromatic rings. The monoisotopic (exact) mass is 474 g/mol. The van der Waals surface area contributed by atoms with Gasteiger partial charge in [0.2, 0.25) is 11.1 Å². The lowest BCUT2D eigenvalue weighted by Gasteiger charge is -2.09. The summed E-state index contributed by atoms with van der Waals surface area (Å²) in [6, 6.07) is 19.3. The molecule has 0 unspecified atom stereocenters. The Hall–Kier alpha value is -3.59. The Kier molecular flexibility index (Phi) is 5.87. The van der Waals surface area contributed by atoms with Gasteiger partial charge in [-0.1, -0.05) is 48.2 Å². The first kappa shape index (κ1) is 22.2. The van der Waals surface area contributed by atoms with E-state index in [-0.39, 0.29) is 17.2 Å². The molecule has 1 fully saturated rings. The van der Waals surface area contributed by atoms with E-state index in [0.29, 0.717) is 16.8 Å². The van der Waals surface area contributed by atoms with Crippen molar-refractivity contribution in [1.29, 1.82) is 0 Å². The number of hydrogen-bond donors (Lipinski definition) is 1. The number of rotatable bonds is 7. The van der Waals surface area contributed by atoms with Crippen LogP contribution >= 0.6 is 11.8 Å². The van der Waals surface area contributed by atoms with Gasteiger partial charge in [0.25, 0.3) is 5.56 Å². The second kappa shape index (κ2) is 8.98. The van der Waals surface area contributed by atoms with Crippen LogP contribution in [-0.2, 0) is 11.8 Å². The predicted molar refractivity (Wildman–Crippen MR) is 133 cm³/mol. The summed E-state index contributed by atoms with van der Waals surface area (Å²) < 4.78 is 5.17. The summed E-state index contributed by atoms with van der Waals surface area (Å²) >= 11 is 1.29. The maximum atomic E-state index is 13.1. The van der Waals surface area contributed by atoms with E-state index in [0.717, 1.165) is 30.0 Å². The molecule has 8 nitrogen and oxygen atoms in total. The van der Waals surface area contributed by atoms with Gasteiger partial charge in [0, 0.05) is 13.0 Å². The topological polar surface area (TPSA) is 86.7 Å². The highest BCUT2D eigenvalue weighted by Gasteiger charge is 2.31. The maximum absolute atomic E-state index is 13.1. The first-order chi connectivity index (χ1) is 16.4. The van der Waals surface area contributed by atoms with Gasteiger partial charge in [-0.25, -0.2) is 14.3 Å². The minimum atomic E-state index is -0.483. The van der Waals surface area contributed by atoms with E-state index in [2.05, 4.69) is 10.4 Å². The Morgan fingerprint density at radius 3 is 2.29 bits per heavy atom. The number of aromatic nitrogens is 5. The van der Waals surface area contributed by atoms with E-state index in [1.807, 2.05) is 72.3 Å². The summed E-state index contributed by atoms with van der Waals surface area (Å²) in [7, 11) is 1.80. The molecule has 0 aliphatic heterocycles. The number of thioether (sulfide) groups is 1. The number of carbonyl (C=O) groups excluding carboxylic acids is 1. The van der Waals surface area contributed by atoms with Crippen molar-refractivity contribution in [2.75, 3.05) is 5.32 Å². The summed E-state index contributed by atoms with van der Waals surface area (Å²) in [5, 5.41) is 7.60. The average molecular weight is 475 g/mol. The van der Waals surface area contributed by atoms with Crippen molar-refractivity contribution < 1.29 is 4.79 Å². The molecule has 1 atom stereocenters. The molecular weight excluding hydrogens is 448 g/mol. The normalized spacial score (nSPS) is 14.2. The van der Waals surface area contributed by atoms with Crippen LogP contribution in [0.1, 0.15) is 37.2 Å². The largest absolute Gasteiger partial charge is 0.319 e. The van der Waals surface area contributed by atoms with Crippen LogP contribution in [0.5, 0.6) is 0 Å². The third kappa shape index (κ3) is 4.19. The molecule has 5 rings (SSSR count). The lowest BCUT2D eigenvalue weighted by Crippen LogP contribution is -2.27. The average Bonchev–Trinajstić information content (AvgIpc) is 3.58. The summed E-state index contributed by atoms with van der Waals surface area (Å²) in [5.41, 5.74) is 2.40. The Bertz CT molecular complexity index is 1390. The zero-order chi connectivity index (χ0) is 23.8. The van der Waals surface area contributed by atoms with E-state index in [4.69, 9.17) is 4.98 Å². The van der Waals surface area contributed by atoms with Crippen molar-refractivity contribution in [3.05, 3.63) is 82.5 Å². The maximum Gasteiger partial charge on any atom is 0.295 e. The molecule has 2 aromatic heterocycles. The fourth-order valence-corrected chi connectivity index (χ4v) is 4.63. The third-order valence-electron chi connectivity index (χ3n) is 6.01. The van der Waals surface area contributed by atoms with Gasteiger partial charge in [0.05, 0.1) is 22.3 Å². The van der Waals surface area contributed by atoms with Crippen LogP contribution < -0.4 is 10.9 Å². The number of nitrogens with one attached hydrogen (secondary N) is 1. The summed E-state index contributed by atoms with van der Waals surface area (Å²) in [6.07, 6.45) is 2.21. The van der Waals surface area contributed by atoms with Crippen molar-refractivity contribution >= 4 is 23.4 Å². The number of carbonyl (C=O) groups is 1. The van der Waals surface area contributed by atoms with Crippen LogP contribution in [0.2, 0.25) is 0 Å². The smallest absolute Gasteiger partial charge is 0.295 e. The van der Waals surface area contributed by atoms with E-state index in [9.17, 15) is 9.59 Å². The molecule has 9 heteroatoms. The molecular formula is C25H26N6O2S. The van der Waals surface area contributed by atoms with Gasteiger partial charge >= 0.3 is 0 Å². The number of hydrogen-bond acceptors (Lipinski definition) is 5. The molecule has 2 heterocycles. The number of amides is 1. The molecule has 2 aromatic carbocycles. The van der Waals surface area contributed by atoms with Gasteiger partial charge in [-0.2, -0.15) is 0 Å². The minimum Gasteiger partial charge on any atom is -0.319 e. The highest BCUT2D eigenvalue weighted by molar-refractivity contribution is 8.00. The Morgan fingerprint density at radius 1 is 1.06 bits per heavy atom. The van der Waals surface area contributed by atoms with Crippen molar-refractivity contribution in [2.45, 2.75) is 43.0 Å². The number of benzene rings is 2. The van der Waals surface area contributed by atoms with Crippen LogP contribution in [0.4, 0.5) is 5.69 Å². The molecule has 1 N–H and O–H groups in total. The van der Waals surface area contributed by atoms with Crippen LogP contribution in [0.3, 0.4) is 0 Å². The predicted octanol–water partition coefficient (Wildman–Crippen LogP) is 4.06. The SMILES string of the molecule is Cc1c(NC(=O)[C@H](C)Sc2nc(C3CC3)n(-c3ccccc3)n2)c(=O)n(-c2ccccc2)n1C. The summed E-state index contributed by atoms with van der Waals surface area (Å²) in [5.74, 6) is 1.08. The van der Waals surface area contributed by atoms with Crippen LogP contribution in [0, 0.1) is 6.92 Å². The first-order valence-corrected chi connectivity index (χ1v) is 12.2. The van der Waals surface area contributed by atoms with E-state index < -0.39 is 5.25 Å². The van der Waals surface area contributed by atoms with Gasteiger partial charge in [-0.15, -0.1) is 5.10 Å². The molecule has 1 aliphatic rings. The van der Waals surface area contributed by atoms with Gasteiger partial charge in [0.1, 0.15) is 11.5 Å². The molecule has 1 saturated carbocycles. The van der Waals surface area contributed by atoms with E-state index >= 15 is 0 Å². The molecule has 0 saturated heterocycles. The van der Waals surface area contributed by atoms with Crippen molar-refractivity contribution in [3.8, 4) is 11.4 Å². The molecule has 1 amide bonds. The van der Waals surface area contributed by atoms with Crippen LogP contribution in [0.15, 0.2) is 70.6 Å². The zero-order valence-electron chi connectivity index (χ0n) is 19.3. The summed E-state index contributed by atoms with van der Waals surface area (Å²) in [6.45, 7) is 3.62. The second-order valence-electron chi connectivity index (χ2n) is 8.46. The molecule has 1 aliphatic carbocycles. The van der Waals surface area contributed by atoms with Gasteiger partial charge in [-0.3, -0.25) is 14.3 Å². The summed E-state index contributed by atoms with van der Waals surface area (Å²) in [4.78, 5) is 30.9. The van der Waals surface area contributed by atoms with E-state index in [1.54, 1.807) is 23.3 Å². The second-order valence-corrected chi connectivity index (χ2v) is 9.77. The Morgan fingerprint density at radius 2 is 1.68 bits per heavy atom. The Labute approximate surface area is 201 Å². The highest BCUT2D eigenvalue weighted by Crippen LogP contribution is 2.40. The zero-order valence-corrected chi connectivity index (χ0v) is 20.1. The lowest BCUT2D eigenvalue weighted by atomic mass is 10.3. The van der Waals surface area contributed by atoms with Crippen molar-refractivity contribution in [1.82, 2.24) is 24.1 Å². The molecule has 174 valence electrons. The first-order valence-electron chi connectivity index (χ1n) is 11.3. The lowest BCUT2D eigenvalue weighted by molar-refractivity contribution is -0.115. The quantitative estimate of drug-likeness (QED) is 0.408. The minimum absolute atomic E-state index is 0.264. The van der Waals surface area contributed by atoms with Crippen LogP contribution in [0.25, 0.3) is 11.4 Å². The van der Waals surface area contributed by atoms with E-state index in [1.165, 1.54) is 11.8 Å². The van der Waals surface area contributed by atoms with Gasteiger partial charge in [0.15, 0.2) is 0 Å². The van der Waals surface area contributed by atoms with Gasteiger partial charge < -0.3 is 5.32 Å². The third-order valence-corrected chi connectivity index (χ3v) is 6.96. The number of para-hydroxylation sites is 2. The van der Waals surface area contributed by atoms with Crippen molar-refractivity contribution in [3.63, 3.8) is 0 Å². The number of anilines is 1. The fourth-order valence-electron chi connectivity index (χ4n) is 3.87. The van der Waals surface area contributed by atoms with Gasteiger partial charge in [-0.05, 0) is 51.0 Å². The standard InChI is InChI=1S/C25H26N6O2S/c1-16-21(24(33)31(29(16)3)20-12-8-5-9-13-20)26-23(32)17(2)34-25-27-22(18-14-15-18)30(28-25)19-10-6-4-7-11-19/h4-13,17-18H,14-15H2,1-3H3,(H,26,32)/t17-/m0/s1. The molecule has 34 heavy (non-hydrogen) atoms. The van der Waals surface area contributed by atoms with Crippen LogP contribution in [-0.4, -0.2) is 35.3 Å². The molecule has 0 spiro atoms. The number of nitrogens with zero attached hydrogens (tertiary/aromatic N) is 5. The molecule has 0 bridgehead atoms. The fraction of sp³-hybridized carbons (Fsp3) is 0.280. The Balaban J connectivity index is 1.36. The molecule has 0 radical (unpaired) electrons. The van der Waals surface area contributed by atoms with Crippen molar-refractivity contribution in [2.24, 2.45) is 7.05 Å². The highest BCUT2D eigenvalue weighted by atomic mass is 32.2.